The highest BCUT2D eigenvalue weighted by atomic mass is 16.4. The van der Waals surface area contributed by atoms with Gasteiger partial charge < -0.3 is 31.1 Å². The standard InChI is InChI=1S/C12H21N3O6/c1-2-13-10-6(3-9(19)15-12(10)21)14-4-7(17)11(20)8(18)5-16/h7-8,11,13-14,16-18,20H,2-5H2,1H3,(H,15,19,21)/t7-,8+,11-/m0/s1. The molecule has 0 bridgehead atoms. The van der Waals surface area contributed by atoms with Crippen molar-refractivity contribution >= 4 is 11.8 Å². The van der Waals surface area contributed by atoms with Crippen LogP contribution < -0.4 is 16.0 Å². The molecule has 1 rings (SSSR count). The number of amides is 2. The number of hydrogen-bond donors (Lipinski definition) is 7. The summed E-state index contributed by atoms with van der Waals surface area (Å²) in [5.41, 5.74) is 0.497. The molecule has 0 aromatic heterocycles. The van der Waals surface area contributed by atoms with Crippen LogP contribution in [-0.2, 0) is 9.59 Å². The summed E-state index contributed by atoms with van der Waals surface area (Å²) in [6.07, 6.45) is -4.46. The van der Waals surface area contributed by atoms with E-state index in [0.717, 1.165) is 0 Å². The van der Waals surface area contributed by atoms with E-state index < -0.39 is 36.7 Å². The number of rotatable bonds is 8. The second kappa shape index (κ2) is 7.93. The van der Waals surface area contributed by atoms with E-state index in [2.05, 4.69) is 16.0 Å². The lowest BCUT2D eigenvalue weighted by Crippen LogP contribution is -2.47. The van der Waals surface area contributed by atoms with E-state index in [0.29, 0.717) is 12.2 Å². The minimum absolute atomic E-state index is 0.0700. The molecular formula is C12H21N3O6. The van der Waals surface area contributed by atoms with E-state index in [1.807, 2.05) is 0 Å². The van der Waals surface area contributed by atoms with E-state index in [9.17, 15) is 24.9 Å². The summed E-state index contributed by atoms with van der Waals surface area (Å²) in [6, 6.07) is 0. The second-order valence-corrected chi connectivity index (χ2v) is 4.63. The molecule has 0 radical (unpaired) electrons. The molecule has 2 amide bonds. The summed E-state index contributed by atoms with van der Waals surface area (Å²) in [7, 11) is 0. The molecule has 0 unspecified atom stereocenters. The van der Waals surface area contributed by atoms with Crippen molar-refractivity contribution in [1.82, 2.24) is 16.0 Å². The van der Waals surface area contributed by atoms with Crippen LogP contribution >= 0.6 is 0 Å². The number of nitrogens with one attached hydrogen (secondary N) is 3. The summed E-state index contributed by atoms with van der Waals surface area (Å²) >= 11 is 0. The van der Waals surface area contributed by atoms with Crippen LogP contribution in [0.2, 0.25) is 0 Å². The smallest absolute Gasteiger partial charge is 0.275 e. The maximum Gasteiger partial charge on any atom is 0.275 e. The van der Waals surface area contributed by atoms with Crippen molar-refractivity contribution in [2.45, 2.75) is 31.7 Å². The van der Waals surface area contributed by atoms with Gasteiger partial charge in [-0.25, -0.2) is 0 Å². The first-order chi connectivity index (χ1) is 9.90. The molecule has 0 aromatic carbocycles. The summed E-state index contributed by atoms with van der Waals surface area (Å²) in [5, 5.41) is 44.8. The van der Waals surface area contributed by atoms with Crippen molar-refractivity contribution < 1.29 is 30.0 Å². The Kier molecular flexibility index (Phi) is 6.56. The predicted octanol–water partition coefficient (Wildman–Crippen LogP) is -3.48. The van der Waals surface area contributed by atoms with Gasteiger partial charge in [-0.3, -0.25) is 14.9 Å². The fourth-order valence-electron chi connectivity index (χ4n) is 1.85. The molecule has 3 atom stereocenters. The SMILES string of the molecule is CCNC1=C(NC[C@H](O)[C@H](O)[C@H](O)CO)CC(=O)NC1=O. The predicted molar refractivity (Wildman–Crippen MR) is 71.6 cm³/mol. The lowest BCUT2D eigenvalue weighted by Gasteiger charge is -2.25. The van der Waals surface area contributed by atoms with E-state index in [1.165, 1.54) is 0 Å². The number of carbonyl (C=O) groups excluding carboxylic acids is 2. The molecule has 1 aliphatic heterocycles. The van der Waals surface area contributed by atoms with Crippen LogP contribution in [0, 0.1) is 0 Å². The number of aliphatic hydroxyl groups excluding tert-OH is 4. The van der Waals surface area contributed by atoms with Crippen LogP contribution in [0.3, 0.4) is 0 Å². The molecule has 1 aliphatic rings. The van der Waals surface area contributed by atoms with E-state index >= 15 is 0 Å². The fourth-order valence-corrected chi connectivity index (χ4v) is 1.85. The molecule has 0 aromatic rings. The van der Waals surface area contributed by atoms with Crippen LogP contribution in [0.5, 0.6) is 0 Å². The lowest BCUT2D eigenvalue weighted by atomic mass is 10.1. The minimum atomic E-state index is -1.54. The average molecular weight is 303 g/mol. The first-order valence-corrected chi connectivity index (χ1v) is 6.60. The van der Waals surface area contributed by atoms with Gasteiger partial charge in [-0.2, -0.15) is 0 Å². The first kappa shape index (κ1) is 17.4. The van der Waals surface area contributed by atoms with Crippen molar-refractivity contribution in [2.24, 2.45) is 0 Å². The van der Waals surface area contributed by atoms with Crippen molar-refractivity contribution in [1.29, 1.82) is 0 Å². The van der Waals surface area contributed by atoms with Crippen LogP contribution in [-0.4, -0.2) is 70.2 Å². The quantitative estimate of drug-likeness (QED) is 0.228. The Morgan fingerprint density at radius 3 is 2.43 bits per heavy atom. The van der Waals surface area contributed by atoms with Gasteiger partial charge in [0.1, 0.15) is 17.9 Å². The van der Waals surface area contributed by atoms with Crippen molar-refractivity contribution in [3.63, 3.8) is 0 Å². The van der Waals surface area contributed by atoms with Crippen LogP contribution in [0.15, 0.2) is 11.4 Å². The van der Waals surface area contributed by atoms with Crippen molar-refractivity contribution in [3.05, 3.63) is 11.4 Å². The number of hydrogen-bond acceptors (Lipinski definition) is 8. The van der Waals surface area contributed by atoms with Gasteiger partial charge in [0.25, 0.3) is 5.91 Å². The summed E-state index contributed by atoms with van der Waals surface area (Å²) in [5.74, 6) is -1.05. The van der Waals surface area contributed by atoms with Crippen molar-refractivity contribution in [3.8, 4) is 0 Å². The molecule has 21 heavy (non-hydrogen) atoms. The number of carbonyl (C=O) groups is 2. The molecule has 0 spiro atoms. The third kappa shape index (κ3) is 4.67. The molecular weight excluding hydrogens is 282 g/mol. The molecule has 7 N–H and O–H groups in total. The van der Waals surface area contributed by atoms with Crippen molar-refractivity contribution in [2.75, 3.05) is 19.7 Å². The van der Waals surface area contributed by atoms with Gasteiger partial charge in [-0.1, -0.05) is 0 Å². The second-order valence-electron chi connectivity index (χ2n) is 4.63. The molecule has 9 heteroatoms. The van der Waals surface area contributed by atoms with Gasteiger partial charge in [0.15, 0.2) is 0 Å². The number of likely N-dealkylation sites (N-methyl/N-ethyl adjacent to an activating group) is 1. The van der Waals surface area contributed by atoms with Gasteiger partial charge in [-0.05, 0) is 6.92 Å². The summed E-state index contributed by atoms with van der Waals surface area (Å²) in [4.78, 5) is 23.0. The Hall–Kier alpha value is -1.68. The highest BCUT2D eigenvalue weighted by Crippen LogP contribution is 2.10. The van der Waals surface area contributed by atoms with Crippen LogP contribution in [0.25, 0.3) is 0 Å². The number of aliphatic hydroxyl groups is 4. The topological polar surface area (TPSA) is 151 Å². The summed E-state index contributed by atoms with van der Waals surface area (Å²) < 4.78 is 0. The molecule has 0 saturated heterocycles. The van der Waals surface area contributed by atoms with Gasteiger partial charge in [0.2, 0.25) is 5.91 Å². The van der Waals surface area contributed by atoms with E-state index in [1.54, 1.807) is 6.92 Å². The normalized spacial score (nSPS) is 19.9. The molecule has 1 heterocycles. The van der Waals surface area contributed by atoms with E-state index in [4.69, 9.17) is 5.11 Å². The van der Waals surface area contributed by atoms with Crippen LogP contribution in [0.4, 0.5) is 0 Å². The molecule has 120 valence electrons. The zero-order chi connectivity index (χ0) is 16.0. The first-order valence-electron chi connectivity index (χ1n) is 6.60. The molecule has 9 nitrogen and oxygen atoms in total. The highest BCUT2D eigenvalue weighted by Gasteiger charge is 2.27. The summed E-state index contributed by atoms with van der Waals surface area (Å²) in [6.45, 7) is 1.37. The van der Waals surface area contributed by atoms with Crippen LogP contribution in [0.1, 0.15) is 13.3 Å². The fraction of sp³-hybridized carbons (Fsp3) is 0.667. The lowest BCUT2D eigenvalue weighted by molar-refractivity contribution is -0.129. The minimum Gasteiger partial charge on any atom is -0.394 e. The zero-order valence-corrected chi connectivity index (χ0v) is 11.7. The van der Waals surface area contributed by atoms with Gasteiger partial charge in [0, 0.05) is 18.8 Å². The third-order valence-electron chi connectivity index (χ3n) is 2.97. The Balaban J connectivity index is 2.71. The molecule has 0 fully saturated rings. The third-order valence-corrected chi connectivity index (χ3v) is 2.97. The molecule has 0 aliphatic carbocycles. The maximum absolute atomic E-state index is 11.7. The van der Waals surface area contributed by atoms with E-state index in [-0.39, 0.29) is 18.7 Å². The van der Waals surface area contributed by atoms with Gasteiger partial charge in [0.05, 0.1) is 19.1 Å². The molecule has 0 saturated carbocycles. The zero-order valence-electron chi connectivity index (χ0n) is 11.7. The maximum atomic E-state index is 11.7. The average Bonchev–Trinajstić information content (AvgIpc) is 2.46. The largest absolute Gasteiger partial charge is 0.394 e. The Bertz CT molecular complexity index is 425. The van der Waals surface area contributed by atoms with Gasteiger partial charge >= 0.3 is 0 Å². The Morgan fingerprint density at radius 2 is 1.86 bits per heavy atom. The Labute approximate surface area is 121 Å². The highest BCUT2D eigenvalue weighted by molar-refractivity contribution is 6.08. The monoisotopic (exact) mass is 303 g/mol. The Morgan fingerprint density at radius 1 is 1.19 bits per heavy atom. The van der Waals surface area contributed by atoms with Gasteiger partial charge in [-0.15, -0.1) is 0 Å². The number of imide groups is 1.